The van der Waals surface area contributed by atoms with Crippen LogP contribution in [0.5, 0.6) is 0 Å². The van der Waals surface area contributed by atoms with Crippen LogP contribution >= 0.6 is 34.7 Å². The van der Waals surface area contributed by atoms with E-state index in [1.807, 2.05) is 31.3 Å². The minimum absolute atomic E-state index is 0.395. The fraction of sp³-hybridized carbons (Fsp3) is 0.421. The van der Waals surface area contributed by atoms with Crippen LogP contribution in [0.3, 0.4) is 0 Å². The Balaban J connectivity index is 1.86. The Kier molecular flexibility index (Phi) is 8.55. The highest BCUT2D eigenvalue weighted by Crippen LogP contribution is 2.26. The zero-order valence-electron chi connectivity index (χ0n) is 15.1. The lowest BCUT2D eigenvalue weighted by molar-refractivity contribution is 0.155. The average molecular weight is 415 g/mol. The van der Waals surface area contributed by atoms with Crippen LogP contribution in [0.1, 0.15) is 37.5 Å². The van der Waals surface area contributed by atoms with Crippen molar-refractivity contribution >= 4 is 52.2 Å². The SMILES string of the molecule is CCCCCCOC(=O)N(Cl)c1ccc(N(C)Cc2ccc(Cl)s2)cc1. The summed E-state index contributed by atoms with van der Waals surface area (Å²) in [7, 11) is 2.01. The second kappa shape index (κ2) is 10.7. The molecular formula is C19H24Cl2N2O2S. The zero-order valence-corrected chi connectivity index (χ0v) is 17.4. The van der Waals surface area contributed by atoms with Gasteiger partial charge in [0.05, 0.1) is 23.2 Å². The maximum Gasteiger partial charge on any atom is 0.429 e. The quantitative estimate of drug-likeness (QED) is 0.337. The molecule has 0 saturated heterocycles. The largest absolute Gasteiger partial charge is 0.448 e. The van der Waals surface area contributed by atoms with E-state index in [-0.39, 0.29) is 0 Å². The number of thiophene rings is 1. The first-order valence-corrected chi connectivity index (χ1v) is 10.2. The van der Waals surface area contributed by atoms with Crippen LogP contribution in [0.15, 0.2) is 36.4 Å². The fourth-order valence-corrected chi connectivity index (χ4v) is 3.75. The minimum atomic E-state index is -0.544. The van der Waals surface area contributed by atoms with Crippen molar-refractivity contribution in [1.82, 2.24) is 0 Å². The number of halogens is 2. The van der Waals surface area contributed by atoms with Gasteiger partial charge in [-0.2, -0.15) is 4.42 Å². The van der Waals surface area contributed by atoms with E-state index in [1.165, 1.54) is 4.88 Å². The molecule has 1 amide bonds. The summed E-state index contributed by atoms with van der Waals surface area (Å²) in [6, 6.07) is 11.4. The Hall–Kier alpha value is -1.43. The van der Waals surface area contributed by atoms with Crippen molar-refractivity contribution in [2.24, 2.45) is 0 Å². The van der Waals surface area contributed by atoms with E-state index < -0.39 is 6.09 Å². The first kappa shape index (κ1) is 20.9. The molecule has 0 aliphatic rings. The maximum atomic E-state index is 12.0. The van der Waals surface area contributed by atoms with Gasteiger partial charge in [-0.3, -0.25) is 0 Å². The summed E-state index contributed by atoms with van der Waals surface area (Å²) >= 11 is 13.6. The molecule has 2 rings (SSSR count). The molecule has 4 nitrogen and oxygen atoms in total. The lowest BCUT2D eigenvalue weighted by Gasteiger charge is -2.20. The number of amides is 1. The highest BCUT2D eigenvalue weighted by Gasteiger charge is 2.15. The van der Waals surface area contributed by atoms with Crippen LogP contribution in [0.4, 0.5) is 16.2 Å². The smallest absolute Gasteiger partial charge is 0.429 e. The van der Waals surface area contributed by atoms with Gasteiger partial charge in [0.2, 0.25) is 0 Å². The summed E-state index contributed by atoms with van der Waals surface area (Å²) < 4.78 is 7.00. The standard InChI is InChI=1S/C19H24Cl2N2O2S/c1-3-4-5-6-13-25-19(24)23(21)16-9-7-15(8-10-16)22(2)14-17-11-12-18(20)26-17/h7-12H,3-6,13-14H2,1-2H3. The van der Waals surface area contributed by atoms with E-state index in [4.69, 9.17) is 28.1 Å². The Labute approximate surface area is 169 Å². The van der Waals surface area contributed by atoms with Crippen molar-refractivity contribution in [3.8, 4) is 0 Å². The predicted octanol–water partition coefficient (Wildman–Crippen LogP) is 6.72. The highest BCUT2D eigenvalue weighted by atomic mass is 35.5. The average Bonchev–Trinajstić information content (AvgIpc) is 3.05. The first-order chi connectivity index (χ1) is 12.5. The fourth-order valence-electron chi connectivity index (χ4n) is 2.45. The second-order valence-electron chi connectivity index (χ2n) is 6.03. The van der Waals surface area contributed by atoms with E-state index in [0.717, 1.165) is 46.7 Å². The van der Waals surface area contributed by atoms with Gasteiger partial charge in [0.25, 0.3) is 0 Å². The Morgan fingerprint density at radius 1 is 1.08 bits per heavy atom. The van der Waals surface area contributed by atoms with Gasteiger partial charge in [-0.15, -0.1) is 11.3 Å². The molecule has 0 unspecified atom stereocenters. The van der Waals surface area contributed by atoms with Gasteiger partial charge >= 0.3 is 6.09 Å². The molecule has 0 bridgehead atoms. The molecule has 0 fully saturated rings. The van der Waals surface area contributed by atoms with Crippen LogP contribution in [-0.2, 0) is 11.3 Å². The van der Waals surface area contributed by atoms with Crippen LogP contribution in [0, 0.1) is 0 Å². The Bertz CT molecular complexity index is 691. The molecule has 0 spiro atoms. The van der Waals surface area contributed by atoms with E-state index in [2.05, 4.69) is 11.8 Å². The van der Waals surface area contributed by atoms with Crippen molar-refractivity contribution in [3.63, 3.8) is 0 Å². The third kappa shape index (κ3) is 6.38. The molecule has 26 heavy (non-hydrogen) atoms. The van der Waals surface area contributed by atoms with Gasteiger partial charge in [0.1, 0.15) is 0 Å². The number of anilines is 2. The van der Waals surface area contributed by atoms with Gasteiger partial charge in [0, 0.05) is 29.4 Å². The number of hydrogen-bond donors (Lipinski definition) is 0. The number of carbonyl (C=O) groups excluding carboxylic acids is 1. The number of carbonyl (C=O) groups is 1. The summed E-state index contributed by atoms with van der Waals surface area (Å²) in [6.07, 6.45) is 3.67. The van der Waals surface area contributed by atoms with Gasteiger partial charge in [-0.1, -0.05) is 37.8 Å². The van der Waals surface area contributed by atoms with Crippen LogP contribution < -0.4 is 9.32 Å². The summed E-state index contributed by atoms with van der Waals surface area (Å²) in [5.41, 5.74) is 1.61. The highest BCUT2D eigenvalue weighted by molar-refractivity contribution is 7.16. The van der Waals surface area contributed by atoms with E-state index in [9.17, 15) is 4.79 Å². The van der Waals surface area contributed by atoms with Crippen molar-refractivity contribution < 1.29 is 9.53 Å². The molecule has 0 aliphatic heterocycles. The van der Waals surface area contributed by atoms with Crippen molar-refractivity contribution in [1.29, 1.82) is 0 Å². The number of hydrogen-bond acceptors (Lipinski definition) is 4. The van der Waals surface area contributed by atoms with Gasteiger partial charge in [0.15, 0.2) is 0 Å². The van der Waals surface area contributed by atoms with Gasteiger partial charge in [-0.05, 0) is 42.8 Å². The third-order valence-corrected chi connectivity index (χ3v) is 5.47. The molecule has 0 radical (unpaired) electrons. The molecule has 1 aromatic carbocycles. The normalized spacial score (nSPS) is 10.6. The van der Waals surface area contributed by atoms with Crippen molar-refractivity contribution in [2.45, 2.75) is 39.2 Å². The molecule has 1 heterocycles. The topological polar surface area (TPSA) is 32.8 Å². The van der Waals surface area contributed by atoms with Crippen molar-refractivity contribution in [3.05, 3.63) is 45.6 Å². The van der Waals surface area contributed by atoms with Gasteiger partial charge in [-0.25, -0.2) is 4.79 Å². The number of unbranched alkanes of at least 4 members (excludes halogenated alkanes) is 3. The molecule has 1 aromatic heterocycles. The number of rotatable bonds is 9. The molecule has 0 aliphatic carbocycles. The third-order valence-electron chi connectivity index (χ3n) is 3.92. The van der Waals surface area contributed by atoms with Gasteiger partial charge < -0.3 is 9.64 Å². The van der Waals surface area contributed by atoms with Crippen LogP contribution in [0.2, 0.25) is 4.34 Å². The summed E-state index contributed by atoms with van der Waals surface area (Å²) in [6.45, 7) is 3.30. The first-order valence-electron chi connectivity index (χ1n) is 8.69. The molecular weight excluding hydrogens is 391 g/mol. The monoisotopic (exact) mass is 414 g/mol. The lowest BCUT2D eigenvalue weighted by atomic mass is 10.2. The Morgan fingerprint density at radius 2 is 1.77 bits per heavy atom. The molecule has 2 aromatic rings. The number of benzene rings is 1. The minimum Gasteiger partial charge on any atom is -0.448 e. The number of nitrogens with zero attached hydrogens (tertiary/aromatic N) is 2. The van der Waals surface area contributed by atoms with E-state index in [1.54, 1.807) is 23.5 Å². The molecule has 7 heteroatoms. The van der Waals surface area contributed by atoms with E-state index >= 15 is 0 Å². The second-order valence-corrected chi connectivity index (χ2v) is 8.17. The zero-order chi connectivity index (χ0) is 18.9. The van der Waals surface area contributed by atoms with Crippen LogP contribution in [0.25, 0.3) is 0 Å². The maximum absolute atomic E-state index is 12.0. The molecule has 0 atom stereocenters. The van der Waals surface area contributed by atoms with E-state index in [0.29, 0.717) is 12.3 Å². The van der Waals surface area contributed by atoms with Crippen LogP contribution in [-0.4, -0.2) is 19.7 Å². The summed E-state index contributed by atoms with van der Waals surface area (Å²) in [4.78, 5) is 15.3. The number of ether oxygens (including phenoxy) is 1. The molecule has 0 N–H and O–H groups in total. The molecule has 142 valence electrons. The predicted molar refractivity (Wildman–Crippen MR) is 112 cm³/mol. The Morgan fingerprint density at radius 3 is 2.38 bits per heavy atom. The molecule has 0 saturated carbocycles. The van der Waals surface area contributed by atoms with Crippen molar-refractivity contribution in [2.75, 3.05) is 23.0 Å². The lowest BCUT2D eigenvalue weighted by Crippen LogP contribution is -2.22. The summed E-state index contributed by atoms with van der Waals surface area (Å²) in [5.74, 6) is 0. The summed E-state index contributed by atoms with van der Waals surface area (Å²) in [5, 5.41) is 0.